The van der Waals surface area contributed by atoms with Crippen LogP contribution in [0.5, 0.6) is 0 Å². The normalized spacial score (nSPS) is 20.8. The van der Waals surface area contributed by atoms with Crippen LogP contribution in [0.2, 0.25) is 0 Å². The maximum absolute atomic E-state index is 5.72. The predicted octanol–water partition coefficient (Wildman–Crippen LogP) is 0.831. The number of aromatic amines is 1. The van der Waals surface area contributed by atoms with E-state index in [1.54, 1.807) is 6.33 Å². The first-order valence-electron chi connectivity index (χ1n) is 6.71. The predicted molar refractivity (Wildman–Crippen MR) is 74.9 cm³/mol. The van der Waals surface area contributed by atoms with Crippen molar-refractivity contribution < 1.29 is 0 Å². The quantitative estimate of drug-likeness (QED) is 0.757. The molecule has 3 heterocycles. The van der Waals surface area contributed by atoms with Crippen LogP contribution in [0, 0.1) is 0 Å². The van der Waals surface area contributed by atoms with E-state index < -0.39 is 0 Å². The minimum atomic E-state index is 0.255. The summed E-state index contributed by atoms with van der Waals surface area (Å²) in [6, 6.07) is 0.398. The van der Waals surface area contributed by atoms with Crippen LogP contribution in [-0.2, 0) is 0 Å². The smallest absolute Gasteiger partial charge is 0.224 e. The number of anilines is 2. The second-order valence-corrected chi connectivity index (χ2v) is 4.91. The Morgan fingerprint density at radius 3 is 3.26 bits per heavy atom. The third-order valence-corrected chi connectivity index (χ3v) is 3.60. The third kappa shape index (κ3) is 2.46. The lowest BCUT2D eigenvalue weighted by Gasteiger charge is -2.32. The summed E-state index contributed by atoms with van der Waals surface area (Å²) >= 11 is 0. The first kappa shape index (κ1) is 12.2. The summed E-state index contributed by atoms with van der Waals surface area (Å²) in [5.74, 6) is 1.01. The lowest BCUT2D eigenvalue weighted by molar-refractivity contribution is 0.226. The molecule has 0 radical (unpaired) electrons. The minimum Gasteiger partial charge on any atom is -0.368 e. The van der Waals surface area contributed by atoms with Crippen LogP contribution in [0.15, 0.2) is 6.33 Å². The van der Waals surface area contributed by atoms with E-state index in [4.69, 9.17) is 5.73 Å². The highest BCUT2D eigenvalue weighted by atomic mass is 15.2. The molecule has 7 heteroatoms. The number of likely N-dealkylation sites (N-methyl/N-ethyl adjacent to an activating group) is 1. The Labute approximate surface area is 111 Å². The first-order valence-corrected chi connectivity index (χ1v) is 6.71. The number of piperidine rings is 1. The van der Waals surface area contributed by atoms with Crippen LogP contribution in [0.3, 0.4) is 0 Å². The molecule has 0 bridgehead atoms. The molecule has 2 aromatic heterocycles. The summed E-state index contributed by atoms with van der Waals surface area (Å²) in [5, 5.41) is 3.47. The number of H-pyrrole nitrogens is 1. The molecule has 3 rings (SSSR count). The topological polar surface area (TPSA) is 95.8 Å². The molecular weight excluding hydrogens is 242 g/mol. The van der Waals surface area contributed by atoms with Gasteiger partial charge in [-0.3, -0.25) is 0 Å². The first-order chi connectivity index (χ1) is 9.26. The number of rotatable bonds is 3. The zero-order chi connectivity index (χ0) is 13.2. The summed E-state index contributed by atoms with van der Waals surface area (Å²) in [7, 11) is 0. The van der Waals surface area contributed by atoms with E-state index >= 15 is 0 Å². The van der Waals surface area contributed by atoms with Crippen molar-refractivity contribution in [2.24, 2.45) is 0 Å². The van der Waals surface area contributed by atoms with Gasteiger partial charge in [-0.1, -0.05) is 6.92 Å². The molecule has 1 aliphatic rings. The number of fused-ring (bicyclic) bond motifs is 1. The number of aromatic nitrogens is 4. The summed E-state index contributed by atoms with van der Waals surface area (Å²) in [6.45, 7) is 5.50. The maximum Gasteiger partial charge on any atom is 0.224 e. The highest BCUT2D eigenvalue weighted by molar-refractivity contribution is 5.83. The van der Waals surface area contributed by atoms with Crippen molar-refractivity contribution in [3.63, 3.8) is 0 Å². The monoisotopic (exact) mass is 261 g/mol. The van der Waals surface area contributed by atoms with Crippen molar-refractivity contribution in [1.82, 2.24) is 24.8 Å². The van der Waals surface area contributed by atoms with E-state index in [9.17, 15) is 0 Å². The Hall–Kier alpha value is -1.89. The van der Waals surface area contributed by atoms with Gasteiger partial charge < -0.3 is 20.9 Å². The number of likely N-dealkylation sites (tertiary alicyclic amines) is 1. The maximum atomic E-state index is 5.72. The second-order valence-electron chi connectivity index (χ2n) is 4.91. The average molecular weight is 261 g/mol. The average Bonchev–Trinajstić information content (AvgIpc) is 2.87. The summed E-state index contributed by atoms with van der Waals surface area (Å²) in [6.07, 6.45) is 3.97. The van der Waals surface area contributed by atoms with Gasteiger partial charge in [-0.15, -0.1) is 0 Å². The number of nitrogens with two attached hydrogens (primary N) is 1. The molecule has 4 N–H and O–H groups in total. The number of hydrogen-bond acceptors (Lipinski definition) is 6. The van der Waals surface area contributed by atoms with Crippen LogP contribution in [-0.4, -0.2) is 50.5 Å². The molecule has 1 unspecified atom stereocenters. The Morgan fingerprint density at radius 2 is 2.42 bits per heavy atom. The van der Waals surface area contributed by atoms with Gasteiger partial charge in [0.1, 0.15) is 5.52 Å². The SMILES string of the molecule is CCN1CCCC(Nc2nc(N)nc3nc[nH]c23)C1. The summed E-state index contributed by atoms with van der Waals surface area (Å²) in [4.78, 5) is 18.0. The fraction of sp³-hybridized carbons (Fsp3) is 0.583. The molecule has 1 atom stereocenters. The van der Waals surface area contributed by atoms with Gasteiger partial charge in [0.2, 0.25) is 5.95 Å². The lowest BCUT2D eigenvalue weighted by atomic mass is 10.1. The molecule has 0 aliphatic carbocycles. The van der Waals surface area contributed by atoms with Crippen LogP contribution < -0.4 is 11.1 Å². The Morgan fingerprint density at radius 1 is 1.53 bits per heavy atom. The van der Waals surface area contributed by atoms with Gasteiger partial charge in [0, 0.05) is 12.6 Å². The second kappa shape index (κ2) is 5.00. The number of imidazole rings is 1. The fourth-order valence-corrected chi connectivity index (χ4v) is 2.61. The van der Waals surface area contributed by atoms with Gasteiger partial charge in [-0.05, 0) is 25.9 Å². The Balaban J connectivity index is 1.82. The molecule has 0 amide bonds. The van der Waals surface area contributed by atoms with Crippen LogP contribution in [0.1, 0.15) is 19.8 Å². The van der Waals surface area contributed by atoms with Crippen LogP contribution in [0.4, 0.5) is 11.8 Å². The van der Waals surface area contributed by atoms with Gasteiger partial charge in [0.05, 0.1) is 6.33 Å². The highest BCUT2D eigenvalue weighted by Crippen LogP contribution is 2.20. The molecule has 0 spiro atoms. The van der Waals surface area contributed by atoms with Crippen molar-refractivity contribution in [2.45, 2.75) is 25.8 Å². The molecule has 2 aromatic rings. The summed E-state index contributed by atoms with van der Waals surface area (Å²) in [5.41, 5.74) is 7.15. The number of nitrogens with one attached hydrogen (secondary N) is 2. The van der Waals surface area contributed by atoms with Crippen molar-refractivity contribution >= 4 is 22.9 Å². The van der Waals surface area contributed by atoms with E-state index in [0.717, 1.165) is 30.8 Å². The van der Waals surface area contributed by atoms with Gasteiger partial charge in [-0.2, -0.15) is 9.97 Å². The van der Waals surface area contributed by atoms with E-state index in [-0.39, 0.29) is 5.95 Å². The molecule has 1 fully saturated rings. The van der Waals surface area contributed by atoms with E-state index in [1.165, 1.54) is 13.0 Å². The Kier molecular flexibility index (Phi) is 3.20. The van der Waals surface area contributed by atoms with Gasteiger partial charge in [0.15, 0.2) is 11.5 Å². The van der Waals surface area contributed by atoms with E-state index in [0.29, 0.717) is 11.7 Å². The van der Waals surface area contributed by atoms with E-state index in [2.05, 4.69) is 37.1 Å². The largest absolute Gasteiger partial charge is 0.368 e. The summed E-state index contributed by atoms with van der Waals surface area (Å²) < 4.78 is 0. The molecule has 1 saturated heterocycles. The molecule has 0 aromatic carbocycles. The number of hydrogen-bond donors (Lipinski definition) is 3. The van der Waals surface area contributed by atoms with Crippen LogP contribution in [0.25, 0.3) is 11.2 Å². The molecule has 0 saturated carbocycles. The lowest BCUT2D eigenvalue weighted by Crippen LogP contribution is -2.42. The van der Waals surface area contributed by atoms with E-state index in [1.807, 2.05) is 0 Å². The van der Waals surface area contributed by atoms with Gasteiger partial charge in [0.25, 0.3) is 0 Å². The molecule has 102 valence electrons. The Bertz CT molecular complexity index is 564. The minimum absolute atomic E-state index is 0.255. The zero-order valence-corrected chi connectivity index (χ0v) is 11.1. The zero-order valence-electron chi connectivity index (χ0n) is 11.1. The number of nitrogens with zero attached hydrogens (tertiary/aromatic N) is 4. The fourth-order valence-electron chi connectivity index (χ4n) is 2.61. The third-order valence-electron chi connectivity index (χ3n) is 3.60. The van der Waals surface area contributed by atoms with Gasteiger partial charge in [-0.25, -0.2) is 4.98 Å². The van der Waals surface area contributed by atoms with Gasteiger partial charge >= 0.3 is 0 Å². The molecule has 1 aliphatic heterocycles. The highest BCUT2D eigenvalue weighted by Gasteiger charge is 2.20. The van der Waals surface area contributed by atoms with Crippen molar-refractivity contribution in [3.05, 3.63) is 6.33 Å². The molecule has 7 nitrogen and oxygen atoms in total. The standard InChI is InChI=1S/C12H19N7/c1-2-19-5-3-4-8(6-19)16-11-9-10(15-7-14-9)17-12(13)18-11/h7-8H,2-6H2,1H3,(H4,13,14,15,16,17,18). The molecular formula is C12H19N7. The van der Waals surface area contributed by atoms with Crippen molar-refractivity contribution in [2.75, 3.05) is 30.7 Å². The molecule has 19 heavy (non-hydrogen) atoms. The van der Waals surface area contributed by atoms with Crippen molar-refractivity contribution in [1.29, 1.82) is 0 Å². The van der Waals surface area contributed by atoms with Crippen LogP contribution >= 0.6 is 0 Å². The van der Waals surface area contributed by atoms with Crippen molar-refractivity contribution in [3.8, 4) is 0 Å². The number of nitrogen functional groups attached to an aromatic ring is 1.